The minimum absolute atomic E-state index is 0.160. The van der Waals surface area contributed by atoms with Gasteiger partial charge in [-0.3, -0.25) is 9.78 Å². The number of aromatic amines is 1. The Kier molecular flexibility index (Phi) is 3.59. The molecular weight excluding hydrogens is 322 g/mol. The fraction of sp³-hybridized carbons (Fsp3) is 0.0556. The van der Waals surface area contributed by atoms with E-state index in [1.54, 1.807) is 13.3 Å². The third-order valence-electron chi connectivity index (χ3n) is 3.73. The molecule has 3 heterocycles. The Balaban J connectivity index is 1.99. The fourth-order valence-electron chi connectivity index (χ4n) is 2.61. The van der Waals surface area contributed by atoms with Gasteiger partial charge < -0.3 is 9.72 Å². The van der Waals surface area contributed by atoms with Gasteiger partial charge in [0, 0.05) is 22.7 Å². The van der Waals surface area contributed by atoms with Crippen molar-refractivity contribution in [3.05, 3.63) is 64.4 Å². The molecule has 4 rings (SSSR count). The number of rotatable bonds is 3. The van der Waals surface area contributed by atoms with Crippen molar-refractivity contribution in [2.75, 3.05) is 7.11 Å². The average molecular weight is 335 g/mol. The molecule has 0 saturated carbocycles. The highest BCUT2D eigenvalue weighted by molar-refractivity contribution is 7.17. The smallest absolute Gasteiger partial charge is 0.269 e. The van der Waals surface area contributed by atoms with E-state index in [1.165, 1.54) is 11.3 Å². The second-order valence-electron chi connectivity index (χ2n) is 5.16. The van der Waals surface area contributed by atoms with Crippen LogP contribution in [0.1, 0.15) is 0 Å². The fourth-order valence-corrected chi connectivity index (χ4v) is 3.51. The lowest BCUT2D eigenvalue weighted by Crippen LogP contribution is -2.08. The maximum Gasteiger partial charge on any atom is 0.269 e. The van der Waals surface area contributed by atoms with Gasteiger partial charge in [0.25, 0.3) is 5.56 Å². The van der Waals surface area contributed by atoms with Crippen LogP contribution >= 0.6 is 11.3 Å². The van der Waals surface area contributed by atoms with Gasteiger partial charge in [-0.15, -0.1) is 11.3 Å². The predicted octanol–water partition coefficient (Wildman–Crippen LogP) is 3.72. The van der Waals surface area contributed by atoms with Crippen LogP contribution in [0.5, 0.6) is 5.75 Å². The van der Waals surface area contributed by atoms with Crippen LogP contribution < -0.4 is 10.3 Å². The topological polar surface area (TPSA) is 67.9 Å². The Morgan fingerprint density at radius 1 is 1.08 bits per heavy atom. The highest BCUT2D eigenvalue weighted by Crippen LogP contribution is 2.36. The summed E-state index contributed by atoms with van der Waals surface area (Å²) >= 11 is 1.38. The molecule has 24 heavy (non-hydrogen) atoms. The number of nitrogens with zero attached hydrogens (tertiary/aromatic N) is 2. The lowest BCUT2D eigenvalue weighted by atomic mass is 10.1. The van der Waals surface area contributed by atoms with Crippen molar-refractivity contribution in [1.82, 2.24) is 15.0 Å². The number of hydrogen-bond acceptors (Lipinski definition) is 5. The summed E-state index contributed by atoms with van der Waals surface area (Å²) in [5, 5.41) is 1.94. The summed E-state index contributed by atoms with van der Waals surface area (Å²) in [4.78, 5) is 24.2. The monoisotopic (exact) mass is 335 g/mol. The molecule has 5 nitrogen and oxygen atoms in total. The highest BCUT2D eigenvalue weighted by Gasteiger charge is 2.16. The Morgan fingerprint density at radius 2 is 1.92 bits per heavy atom. The Bertz CT molecular complexity index is 1070. The van der Waals surface area contributed by atoms with Gasteiger partial charge in [0.1, 0.15) is 16.1 Å². The lowest BCUT2D eigenvalue weighted by Gasteiger charge is -2.07. The molecule has 118 valence electrons. The van der Waals surface area contributed by atoms with Crippen LogP contribution in [-0.2, 0) is 0 Å². The molecule has 0 spiro atoms. The number of fused-ring (bicyclic) bond motifs is 1. The zero-order chi connectivity index (χ0) is 16.5. The molecule has 3 aromatic heterocycles. The number of benzene rings is 1. The molecule has 0 radical (unpaired) electrons. The van der Waals surface area contributed by atoms with Gasteiger partial charge in [-0.05, 0) is 18.2 Å². The highest BCUT2D eigenvalue weighted by atomic mass is 32.1. The number of pyridine rings is 1. The van der Waals surface area contributed by atoms with E-state index in [-0.39, 0.29) is 5.56 Å². The van der Waals surface area contributed by atoms with Crippen LogP contribution in [0, 0.1) is 0 Å². The van der Waals surface area contributed by atoms with Crippen LogP contribution in [-0.4, -0.2) is 22.1 Å². The molecule has 0 aliphatic heterocycles. The van der Waals surface area contributed by atoms with Crippen LogP contribution in [0.15, 0.2) is 58.8 Å². The molecule has 0 aliphatic rings. The van der Waals surface area contributed by atoms with Crippen LogP contribution in [0.3, 0.4) is 0 Å². The van der Waals surface area contributed by atoms with E-state index in [0.29, 0.717) is 21.7 Å². The summed E-state index contributed by atoms with van der Waals surface area (Å²) in [5.41, 5.74) is 2.93. The van der Waals surface area contributed by atoms with Crippen LogP contribution in [0.25, 0.3) is 32.9 Å². The second-order valence-corrected chi connectivity index (χ2v) is 6.04. The normalized spacial score (nSPS) is 10.9. The number of H-pyrrole nitrogens is 1. The van der Waals surface area contributed by atoms with Crippen molar-refractivity contribution < 1.29 is 4.74 Å². The summed E-state index contributed by atoms with van der Waals surface area (Å²) in [6, 6.07) is 13.2. The largest absolute Gasteiger partial charge is 0.496 e. The van der Waals surface area contributed by atoms with Crippen molar-refractivity contribution >= 4 is 21.6 Å². The quantitative estimate of drug-likeness (QED) is 0.619. The zero-order valence-electron chi connectivity index (χ0n) is 12.8. The SMILES string of the molecule is COc1ccccc1-c1csc2c(=O)[nH]c(-c3ccccn3)nc12. The number of thiophene rings is 1. The number of ether oxygens (including phenoxy) is 1. The Labute approximate surface area is 141 Å². The molecule has 6 heteroatoms. The third kappa shape index (κ3) is 2.37. The van der Waals surface area contributed by atoms with Gasteiger partial charge in [0.15, 0.2) is 5.82 Å². The number of nitrogens with one attached hydrogen (secondary N) is 1. The first-order valence-electron chi connectivity index (χ1n) is 7.34. The van der Waals surface area contributed by atoms with Gasteiger partial charge in [-0.25, -0.2) is 4.98 Å². The number of hydrogen-bond donors (Lipinski definition) is 1. The van der Waals surface area contributed by atoms with Crippen molar-refractivity contribution in [1.29, 1.82) is 0 Å². The van der Waals surface area contributed by atoms with Gasteiger partial charge in [0.05, 0.1) is 12.6 Å². The van der Waals surface area contributed by atoms with E-state index in [1.807, 2.05) is 47.8 Å². The number of para-hydroxylation sites is 1. The third-order valence-corrected chi connectivity index (χ3v) is 4.70. The molecule has 0 amide bonds. The van der Waals surface area contributed by atoms with Crippen molar-refractivity contribution in [2.45, 2.75) is 0 Å². The Morgan fingerprint density at radius 3 is 2.71 bits per heavy atom. The van der Waals surface area contributed by atoms with E-state index in [4.69, 9.17) is 4.74 Å². The van der Waals surface area contributed by atoms with Gasteiger partial charge >= 0.3 is 0 Å². The molecule has 0 atom stereocenters. The van der Waals surface area contributed by atoms with Crippen molar-refractivity contribution in [3.63, 3.8) is 0 Å². The first-order valence-corrected chi connectivity index (χ1v) is 8.22. The molecule has 0 saturated heterocycles. The van der Waals surface area contributed by atoms with Gasteiger partial charge in [-0.2, -0.15) is 0 Å². The first kappa shape index (κ1) is 14.6. The lowest BCUT2D eigenvalue weighted by molar-refractivity contribution is 0.416. The first-order chi connectivity index (χ1) is 11.8. The minimum Gasteiger partial charge on any atom is -0.496 e. The van der Waals surface area contributed by atoms with E-state index in [2.05, 4.69) is 15.0 Å². The number of aromatic nitrogens is 3. The van der Waals surface area contributed by atoms with E-state index < -0.39 is 0 Å². The van der Waals surface area contributed by atoms with Crippen LogP contribution in [0.2, 0.25) is 0 Å². The maximum absolute atomic E-state index is 12.4. The molecule has 4 aromatic rings. The van der Waals surface area contributed by atoms with E-state index in [9.17, 15) is 4.79 Å². The van der Waals surface area contributed by atoms with E-state index in [0.717, 1.165) is 16.9 Å². The summed E-state index contributed by atoms with van der Waals surface area (Å²) in [6.07, 6.45) is 1.67. The predicted molar refractivity (Wildman–Crippen MR) is 95.5 cm³/mol. The van der Waals surface area contributed by atoms with Gasteiger partial charge in [0.2, 0.25) is 0 Å². The summed E-state index contributed by atoms with van der Waals surface area (Å²) < 4.78 is 6.03. The number of methoxy groups -OCH3 is 1. The minimum atomic E-state index is -0.160. The molecule has 0 unspecified atom stereocenters. The molecule has 1 aromatic carbocycles. The second kappa shape index (κ2) is 5.90. The summed E-state index contributed by atoms with van der Waals surface area (Å²) in [5.74, 6) is 1.21. The van der Waals surface area contributed by atoms with E-state index >= 15 is 0 Å². The van der Waals surface area contributed by atoms with Crippen molar-refractivity contribution in [2.24, 2.45) is 0 Å². The summed E-state index contributed by atoms with van der Waals surface area (Å²) in [7, 11) is 1.63. The molecule has 0 bridgehead atoms. The van der Waals surface area contributed by atoms with Crippen molar-refractivity contribution in [3.8, 4) is 28.4 Å². The standard InChI is InChI=1S/C18H13N3O2S/c1-23-14-8-3-2-6-11(14)12-10-24-16-15(12)20-17(21-18(16)22)13-7-4-5-9-19-13/h2-10H,1H3,(H,20,21,22). The Hall–Kier alpha value is -2.99. The average Bonchev–Trinajstić information content (AvgIpc) is 3.07. The van der Waals surface area contributed by atoms with Gasteiger partial charge in [-0.1, -0.05) is 24.3 Å². The molecular formula is C18H13N3O2S. The molecule has 0 fully saturated rings. The summed E-state index contributed by atoms with van der Waals surface area (Å²) in [6.45, 7) is 0. The zero-order valence-corrected chi connectivity index (χ0v) is 13.6. The molecule has 1 N–H and O–H groups in total. The van der Waals surface area contributed by atoms with Crippen LogP contribution in [0.4, 0.5) is 0 Å². The molecule has 0 aliphatic carbocycles. The maximum atomic E-state index is 12.4.